The maximum absolute atomic E-state index is 11.5. The Labute approximate surface area is 108 Å². The highest BCUT2D eigenvalue weighted by Crippen LogP contribution is 2.13. The van der Waals surface area contributed by atoms with Crippen LogP contribution in [0.15, 0.2) is 5.38 Å². The molecule has 1 atom stereocenters. The van der Waals surface area contributed by atoms with E-state index in [0.29, 0.717) is 5.13 Å². The number of carboxylic acids is 1. The Kier molecular flexibility index (Phi) is 5.53. The monoisotopic (exact) mass is 273 g/mol. The molecule has 0 spiro atoms. The first-order valence-electron chi connectivity index (χ1n) is 5.24. The molecule has 0 aliphatic carbocycles. The number of hydrogen-bond donors (Lipinski definition) is 3. The lowest BCUT2D eigenvalue weighted by molar-refractivity contribution is -0.139. The minimum absolute atomic E-state index is 0.205. The highest BCUT2D eigenvalue weighted by molar-refractivity contribution is 7.13. The van der Waals surface area contributed by atoms with Crippen LogP contribution < -0.4 is 10.6 Å². The SMILES string of the molecule is COCCC(NC(=O)Nc1nc(C)cs1)C(=O)O. The summed E-state index contributed by atoms with van der Waals surface area (Å²) in [6, 6.07) is -1.57. The lowest BCUT2D eigenvalue weighted by atomic mass is 10.2. The van der Waals surface area contributed by atoms with Gasteiger partial charge in [-0.3, -0.25) is 5.32 Å². The smallest absolute Gasteiger partial charge is 0.326 e. The van der Waals surface area contributed by atoms with Gasteiger partial charge in [-0.05, 0) is 6.92 Å². The molecular formula is C10H15N3O4S. The Bertz CT molecular complexity index is 421. The van der Waals surface area contributed by atoms with Crippen LogP contribution >= 0.6 is 11.3 Å². The molecule has 8 heteroatoms. The Hall–Kier alpha value is -1.67. The summed E-state index contributed by atoms with van der Waals surface area (Å²) in [5, 5.41) is 15.9. The van der Waals surface area contributed by atoms with Gasteiger partial charge >= 0.3 is 12.0 Å². The number of carbonyl (C=O) groups excluding carboxylic acids is 1. The molecule has 2 amide bonds. The lowest BCUT2D eigenvalue weighted by Gasteiger charge is -2.13. The van der Waals surface area contributed by atoms with Crippen molar-refractivity contribution in [3.8, 4) is 0 Å². The number of anilines is 1. The van der Waals surface area contributed by atoms with E-state index >= 15 is 0 Å². The molecule has 1 rings (SSSR count). The number of urea groups is 1. The van der Waals surface area contributed by atoms with Gasteiger partial charge in [-0.1, -0.05) is 0 Å². The van der Waals surface area contributed by atoms with E-state index in [4.69, 9.17) is 9.84 Å². The molecule has 1 heterocycles. The number of aromatic nitrogens is 1. The largest absolute Gasteiger partial charge is 0.480 e. The van der Waals surface area contributed by atoms with Crippen molar-refractivity contribution in [2.45, 2.75) is 19.4 Å². The summed E-state index contributed by atoms with van der Waals surface area (Å²) in [6.45, 7) is 2.06. The summed E-state index contributed by atoms with van der Waals surface area (Å²) < 4.78 is 4.78. The predicted molar refractivity (Wildman–Crippen MR) is 66.9 cm³/mol. The first kappa shape index (κ1) is 14.4. The van der Waals surface area contributed by atoms with Gasteiger partial charge in [0.05, 0.1) is 5.69 Å². The molecule has 100 valence electrons. The predicted octanol–water partition coefficient (Wildman–Crippen LogP) is 1.06. The molecule has 1 aromatic rings. The van der Waals surface area contributed by atoms with E-state index in [1.807, 2.05) is 0 Å². The Balaban J connectivity index is 2.48. The quantitative estimate of drug-likeness (QED) is 0.719. The summed E-state index contributed by atoms with van der Waals surface area (Å²) in [5.41, 5.74) is 0.796. The number of nitrogens with zero attached hydrogens (tertiary/aromatic N) is 1. The van der Waals surface area contributed by atoms with Crippen molar-refractivity contribution < 1.29 is 19.4 Å². The number of aliphatic carboxylic acids is 1. The molecule has 1 aromatic heterocycles. The number of carboxylic acid groups (broad SMARTS) is 1. The molecule has 0 saturated carbocycles. The van der Waals surface area contributed by atoms with Crippen molar-refractivity contribution in [1.82, 2.24) is 10.3 Å². The first-order chi connectivity index (χ1) is 8.52. The van der Waals surface area contributed by atoms with Gasteiger partial charge in [0, 0.05) is 25.5 Å². The maximum atomic E-state index is 11.5. The summed E-state index contributed by atoms with van der Waals surface area (Å²) in [7, 11) is 1.47. The number of carbonyl (C=O) groups is 2. The van der Waals surface area contributed by atoms with Gasteiger partial charge in [-0.2, -0.15) is 0 Å². The van der Waals surface area contributed by atoms with Gasteiger partial charge in [0.1, 0.15) is 6.04 Å². The van der Waals surface area contributed by atoms with Crippen LogP contribution in [0.2, 0.25) is 0 Å². The van der Waals surface area contributed by atoms with Crippen LogP contribution in [0.5, 0.6) is 0 Å². The van der Waals surface area contributed by atoms with Crippen molar-refractivity contribution in [3.63, 3.8) is 0 Å². The molecule has 0 aliphatic rings. The molecule has 0 fully saturated rings. The van der Waals surface area contributed by atoms with Crippen LogP contribution in [0.4, 0.5) is 9.93 Å². The number of rotatable bonds is 6. The van der Waals surface area contributed by atoms with Crippen molar-refractivity contribution in [3.05, 3.63) is 11.1 Å². The zero-order chi connectivity index (χ0) is 13.5. The second-order valence-corrected chi connectivity index (χ2v) is 4.42. The number of hydrogen-bond acceptors (Lipinski definition) is 5. The Morgan fingerprint density at radius 1 is 1.61 bits per heavy atom. The fourth-order valence-corrected chi connectivity index (χ4v) is 1.88. The summed E-state index contributed by atoms with van der Waals surface area (Å²) in [6.07, 6.45) is 0.205. The van der Waals surface area contributed by atoms with Crippen LogP contribution in [0.1, 0.15) is 12.1 Å². The molecule has 0 bridgehead atoms. The molecule has 7 nitrogen and oxygen atoms in total. The highest BCUT2D eigenvalue weighted by atomic mass is 32.1. The molecule has 0 aliphatic heterocycles. The average molecular weight is 273 g/mol. The van der Waals surface area contributed by atoms with Gasteiger partial charge in [0.2, 0.25) is 0 Å². The Morgan fingerprint density at radius 2 is 2.33 bits per heavy atom. The topological polar surface area (TPSA) is 101 Å². The average Bonchev–Trinajstić information content (AvgIpc) is 2.69. The standard InChI is InChI=1S/C10H15N3O4S/c1-6-5-18-10(11-6)13-9(16)12-7(8(14)15)3-4-17-2/h5,7H,3-4H2,1-2H3,(H,14,15)(H2,11,12,13,16). The first-order valence-corrected chi connectivity index (χ1v) is 6.12. The number of thiazole rings is 1. The normalized spacial score (nSPS) is 11.9. The molecule has 0 saturated heterocycles. The van der Waals surface area contributed by atoms with Gasteiger partial charge in [0.25, 0.3) is 0 Å². The maximum Gasteiger partial charge on any atom is 0.326 e. The molecule has 3 N–H and O–H groups in total. The van der Waals surface area contributed by atoms with Crippen LogP contribution in [-0.2, 0) is 9.53 Å². The molecule has 1 unspecified atom stereocenters. The van der Waals surface area contributed by atoms with Crippen molar-refractivity contribution in [1.29, 1.82) is 0 Å². The van der Waals surface area contributed by atoms with E-state index in [9.17, 15) is 9.59 Å². The minimum atomic E-state index is -1.10. The number of methoxy groups -OCH3 is 1. The third-order valence-electron chi connectivity index (χ3n) is 2.05. The fourth-order valence-electron chi connectivity index (χ4n) is 1.20. The van der Waals surface area contributed by atoms with Crippen molar-refractivity contribution in [2.24, 2.45) is 0 Å². The summed E-state index contributed by atoms with van der Waals surface area (Å²) in [5.74, 6) is -1.10. The number of amides is 2. The fraction of sp³-hybridized carbons (Fsp3) is 0.500. The van der Waals surface area contributed by atoms with Crippen LogP contribution in [0.25, 0.3) is 0 Å². The van der Waals surface area contributed by atoms with Gasteiger partial charge in [0.15, 0.2) is 5.13 Å². The second kappa shape index (κ2) is 6.92. The minimum Gasteiger partial charge on any atom is -0.480 e. The second-order valence-electron chi connectivity index (χ2n) is 3.56. The van der Waals surface area contributed by atoms with Crippen molar-refractivity contribution >= 4 is 28.5 Å². The highest BCUT2D eigenvalue weighted by Gasteiger charge is 2.19. The number of aryl methyl sites for hydroxylation is 1. The summed E-state index contributed by atoms with van der Waals surface area (Å²) in [4.78, 5) is 26.5. The van der Waals surface area contributed by atoms with Crippen LogP contribution in [0, 0.1) is 6.92 Å². The van der Waals surface area contributed by atoms with Gasteiger partial charge in [-0.25, -0.2) is 14.6 Å². The zero-order valence-corrected chi connectivity index (χ0v) is 10.9. The van der Waals surface area contributed by atoms with E-state index in [1.165, 1.54) is 18.4 Å². The summed E-state index contributed by atoms with van der Waals surface area (Å²) >= 11 is 1.28. The Morgan fingerprint density at radius 3 is 2.83 bits per heavy atom. The van der Waals surface area contributed by atoms with E-state index in [2.05, 4.69) is 15.6 Å². The molecular weight excluding hydrogens is 258 g/mol. The zero-order valence-electron chi connectivity index (χ0n) is 10.1. The van der Waals surface area contributed by atoms with Gasteiger partial charge < -0.3 is 15.2 Å². The third-order valence-corrected chi connectivity index (χ3v) is 2.93. The van der Waals surface area contributed by atoms with Crippen LogP contribution in [-0.4, -0.2) is 41.8 Å². The van der Waals surface area contributed by atoms with E-state index < -0.39 is 18.0 Å². The lowest BCUT2D eigenvalue weighted by Crippen LogP contribution is -2.43. The number of nitrogens with one attached hydrogen (secondary N) is 2. The van der Waals surface area contributed by atoms with E-state index in [0.717, 1.165) is 5.69 Å². The molecule has 0 radical (unpaired) electrons. The van der Waals surface area contributed by atoms with Gasteiger partial charge in [-0.15, -0.1) is 11.3 Å². The van der Waals surface area contributed by atoms with Crippen molar-refractivity contribution in [2.75, 3.05) is 19.0 Å². The third kappa shape index (κ3) is 4.68. The molecule has 0 aromatic carbocycles. The number of ether oxygens (including phenoxy) is 1. The van der Waals surface area contributed by atoms with E-state index in [-0.39, 0.29) is 13.0 Å². The van der Waals surface area contributed by atoms with Crippen LogP contribution in [0.3, 0.4) is 0 Å². The van der Waals surface area contributed by atoms with E-state index in [1.54, 1.807) is 12.3 Å². The molecule has 18 heavy (non-hydrogen) atoms.